The average Bonchev–Trinajstić information content (AvgIpc) is 3.17. The standard InChI is InChI=1S/C25H25N3OS/c1-15-10-11-21(17(3)12-15)26-25-27-24(29)23(30-25)14-20-13-18(4)28(19(20)5)22-9-7-6-8-16(22)2/h6-14H,1-5H3,(H,26,27,29)/b23-14-. The van der Waals surface area contributed by atoms with Crippen LogP contribution < -0.4 is 5.32 Å². The van der Waals surface area contributed by atoms with E-state index in [2.05, 4.69) is 72.9 Å². The highest BCUT2D eigenvalue weighted by Gasteiger charge is 2.25. The molecule has 0 atom stereocenters. The minimum atomic E-state index is -0.107. The molecule has 4 nitrogen and oxygen atoms in total. The highest BCUT2D eigenvalue weighted by Crippen LogP contribution is 2.31. The maximum Gasteiger partial charge on any atom is 0.264 e. The highest BCUT2D eigenvalue weighted by atomic mass is 32.2. The first-order chi connectivity index (χ1) is 14.3. The number of benzene rings is 2. The number of carbonyl (C=O) groups excluding carboxylic acids is 1. The van der Waals surface area contributed by atoms with Crippen LogP contribution in [0, 0.1) is 34.6 Å². The summed E-state index contributed by atoms with van der Waals surface area (Å²) in [6, 6.07) is 16.6. The summed E-state index contributed by atoms with van der Waals surface area (Å²) in [5, 5.41) is 3.51. The van der Waals surface area contributed by atoms with Gasteiger partial charge >= 0.3 is 0 Å². The van der Waals surface area contributed by atoms with Crippen molar-refractivity contribution in [2.45, 2.75) is 34.6 Å². The maximum atomic E-state index is 12.6. The number of hydrogen-bond donors (Lipinski definition) is 1. The Labute approximate surface area is 181 Å². The maximum absolute atomic E-state index is 12.6. The van der Waals surface area contributed by atoms with Gasteiger partial charge in [0, 0.05) is 17.1 Å². The van der Waals surface area contributed by atoms with E-state index < -0.39 is 0 Å². The van der Waals surface area contributed by atoms with Gasteiger partial charge in [0.15, 0.2) is 5.17 Å². The van der Waals surface area contributed by atoms with Crippen LogP contribution in [0.4, 0.5) is 5.69 Å². The van der Waals surface area contributed by atoms with E-state index in [0.29, 0.717) is 10.1 Å². The molecule has 2 aromatic carbocycles. The number of nitrogens with one attached hydrogen (secondary N) is 1. The molecule has 152 valence electrons. The Morgan fingerprint density at radius 2 is 1.73 bits per heavy atom. The summed E-state index contributed by atoms with van der Waals surface area (Å²) in [6.45, 7) is 10.4. The van der Waals surface area contributed by atoms with Gasteiger partial charge in [-0.1, -0.05) is 35.9 Å². The molecule has 0 spiro atoms. The van der Waals surface area contributed by atoms with Crippen LogP contribution in [0.15, 0.2) is 58.4 Å². The van der Waals surface area contributed by atoms with Crippen LogP contribution in [0.1, 0.15) is 33.6 Å². The van der Waals surface area contributed by atoms with E-state index in [-0.39, 0.29) is 5.91 Å². The van der Waals surface area contributed by atoms with E-state index in [4.69, 9.17) is 0 Å². The van der Waals surface area contributed by atoms with Crippen molar-refractivity contribution in [2.24, 2.45) is 4.99 Å². The fourth-order valence-corrected chi connectivity index (χ4v) is 4.61. The number of aromatic nitrogens is 1. The van der Waals surface area contributed by atoms with E-state index in [9.17, 15) is 4.79 Å². The molecular weight excluding hydrogens is 390 g/mol. The van der Waals surface area contributed by atoms with Crippen LogP contribution in [0.5, 0.6) is 0 Å². The Hall–Kier alpha value is -3.05. The lowest BCUT2D eigenvalue weighted by Crippen LogP contribution is -2.19. The Bertz CT molecular complexity index is 1220. The summed E-state index contributed by atoms with van der Waals surface area (Å²) < 4.78 is 2.24. The molecule has 0 saturated carbocycles. The molecule has 1 amide bonds. The van der Waals surface area contributed by atoms with Crippen molar-refractivity contribution in [3.8, 4) is 5.69 Å². The van der Waals surface area contributed by atoms with Crippen molar-refractivity contribution in [3.63, 3.8) is 0 Å². The van der Waals surface area contributed by atoms with Gasteiger partial charge in [0.25, 0.3) is 5.91 Å². The summed E-state index contributed by atoms with van der Waals surface area (Å²) in [7, 11) is 0. The minimum absolute atomic E-state index is 0.107. The quantitative estimate of drug-likeness (QED) is 0.541. The average molecular weight is 416 g/mol. The zero-order valence-corrected chi connectivity index (χ0v) is 18.7. The number of para-hydroxylation sites is 1. The SMILES string of the molecule is Cc1ccc(N=C2NC(=O)/C(=C/c3cc(C)n(-c4ccccc4C)c3C)S2)c(C)c1. The Balaban J connectivity index is 1.66. The molecule has 0 radical (unpaired) electrons. The zero-order chi connectivity index (χ0) is 21.4. The molecule has 3 aromatic rings. The summed E-state index contributed by atoms with van der Waals surface area (Å²) in [6.07, 6.45) is 1.96. The molecule has 2 heterocycles. The lowest BCUT2D eigenvalue weighted by atomic mass is 10.1. The van der Waals surface area contributed by atoms with Crippen LogP contribution in [-0.2, 0) is 4.79 Å². The van der Waals surface area contributed by atoms with Crippen LogP contribution in [0.2, 0.25) is 0 Å². The largest absolute Gasteiger partial charge is 0.318 e. The smallest absolute Gasteiger partial charge is 0.264 e. The van der Waals surface area contributed by atoms with E-state index in [0.717, 1.165) is 33.9 Å². The molecule has 1 aliphatic rings. The zero-order valence-electron chi connectivity index (χ0n) is 17.9. The van der Waals surface area contributed by atoms with Crippen molar-refractivity contribution < 1.29 is 4.79 Å². The van der Waals surface area contributed by atoms with Gasteiger partial charge in [0.05, 0.1) is 10.6 Å². The van der Waals surface area contributed by atoms with Gasteiger partial charge in [-0.15, -0.1) is 0 Å². The number of carbonyl (C=O) groups is 1. The third-order valence-electron chi connectivity index (χ3n) is 5.34. The number of hydrogen-bond acceptors (Lipinski definition) is 3. The lowest BCUT2D eigenvalue weighted by Gasteiger charge is -2.12. The van der Waals surface area contributed by atoms with Crippen LogP contribution >= 0.6 is 11.8 Å². The molecule has 0 unspecified atom stereocenters. The number of rotatable bonds is 3. The third kappa shape index (κ3) is 3.85. The van der Waals surface area contributed by atoms with E-state index in [1.807, 2.05) is 31.2 Å². The first-order valence-electron chi connectivity index (χ1n) is 9.95. The molecule has 1 aromatic heterocycles. The summed E-state index contributed by atoms with van der Waals surface area (Å²) in [5.41, 5.74) is 8.85. The van der Waals surface area contributed by atoms with Gasteiger partial charge in [-0.05, 0) is 87.3 Å². The van der Waals surface area contributed by atoms with E-state index in [1.165, 1.54) is 22.9 Å². The van der Waals surface area contributed by atoms with Crippen molar-refractivity contribution in [1.29, 1.82) is 0 Å². The van der Waals surface area contributed by atoms with Crippen molar-refractivity contribution in [3.05, 3.63) is 87.1 Å². The molecule has 4 rings (SSSR count). The Kier molecular flexibility index (Phi) is 5.39. The first kappa shape index (κ1) is 20.2. The van der Waals surface area contributed by atoms with Gasteiger partial charge in [-0.25, -0.2) is 4.99 Å². The molecule has 30 heavy (non-hydrogen) atoms. The van der Waals surface area contributed by atoms with Gasteiger partial charge in [-0.3, -0.25) is 4.79 Å². The number of amidine groups is 1. The fraction of sp³-hybridized carbons (Fsp3) is 0.200. The number of thioether (sulfide) groups is 1. The molecular formula is C25H25N3OS. The Morgan fingerprint density at radius 1 is 0.967 bits per heavy atom. The summed E-state index contributed by atoms with van der Waals surface area (Å²) in [5.74, 6) is -0.107. The third-order valence-corrected chi connectivity index (χ3v) is 6.25. The Morgan fingerprint density at radius 3 is 2.47 bits per heavy atom. The van der Waals surface area contributed by atoms with Crippen molar-refractivity contribution >= 4 is 34.6 Å². The second kappa shape index (κ2) is 8.00. The molecule has 5 heteroatoms. The first-order valence-corrected chi connectivity index (χ1v) is 10.8. The van der Waals surface area contributed by atoms with Crippen LogP contribution in [0.3, 0.4) is 0 Å². The number of amides is 1. The van der Waals surface area contributed by atoms with Crippen LogP contribution in [-0.4, -0.2) is 15.6 Å². The number of aliphatic imine (C=N–C) groups is 1. The predicted molar refractivity (Wildman–Crippen MR) is 127 cm³/mol. The molecule has 0 aliphatic carbocycles. The van der Waals surface area contributed by atoms with Gasteiger partial charge in [0.2, 0.25) is 0 Å². The molecule has 0 bridgehead atoms. The summed E-state index contributed by atoms with van der Waals surface area (Å²) >= 11 is 1.39. The normalized spacial score (nSPS) is 16.5. The second-order valence-electron chi connectivity index (χ2n) is 7.72. The minimum Gasteiger partial charge on any atom is -0.318 e. The van der Waals surface area contributed by atoms with Crippen molar-refractivity contribution in [1.82, 2.24) is 9.88 Å². The highest BCUT2D eigenvalue weighted by molar-refractivity contribution is 8.18. The summed E-state index contributed by atoms with van der Waals surface area (Å²) in [4.78, 5) is 17.9. The van der Waals surface area contributed by atoms with Gasteiger partial charge < -0.3 is 9.88 Å². The number of nitrogens with zero attached hydrogens (tertiary/aromatic N) is 2. The number of aryl methyl sites for hydroxylation is 4. The second-order valence-corrected chi connectivity index (χ2v) is 8.75. The predicted octanol–water partition coefficient (Wildman–Crippen LogP) is 5.91. The fourth-order valence-electron chi connectivity index (χ4n) is 3.78. The van der Waals surface area contributed by atoms with Crippen molar-refractivity contribution in [2.75, 3.05) is 0 Å². The van der Waals surface area contributed by atoms with E-state index >= 15 is 0 Å². The molecule has 1 N–H and O–H groups in total. The van der Waals surface area contributed by atoms with Crippen LogP contribution in [0.25, 0.3) is 11.8 Å². The van der Waals surface area contributed by atoms with E-state index in [1.54, 1.807) is 0 Å². The molecule has 1 fully saturated rings. The monoisotopic (exact) mass is 415 g/mol. The molecule has 1 aliphatic heterocycles. The van der Waals surface area contributed by atoms with Gasteiger partial charge in [-0.2, -0.15) is 0 Å². The molecule has 1 saturated heterocycles. The van der Waals surface area contributed by atoms with Gasteiger partial charge in [0.1, 0.15) is 0 Å². The lowest BCUT2D eigenvalue weighted by molar-refractivity contribution is -0.115. The topological polar surface area (TPSA) is 46.4 Å².